The van der Waals surface area contributed by atoms with E-state index in [4.69, 9.17) is 23.2 Å². The number of hydrogen-bond donors (Lipinski definition) is 0. The van der Waals surface area contributed by atoms with Gasteiger partial charge < -0.3 is 4.90 Å². The van der Waals surface area contributed by atoms with Gasteiger partial charge in [-0.3, -0.25) is 4.79 Å². The van der Waals surface area contributed by atoms with E-state index < -0.39 is 0 Å². The molecule has 0 aliphatic rings. The number of rotatable bonds is 5. The van der Waals surface area contributed by atoms with Crippen molar-refractivity contribution in [1.29, 1.82) is 0 Å². The molecule has 1 aromatic heterocycles. The van der Waals surface area contributed by atoms with Gasteiger partial charge in [0.2, 0.25) is 5.91 Å². The van der Waals surface area contributed by atoms with Gasteiger partial charge in [0.25, 0.3) is 0 Å². The molecule has 26 heavy (non-hydrogen) atoms. The minimum Gasteiger partial charge on any atom is -0.339 e. The van der Waals surface area contributed by atoms with Crippen molar-refractivity contribution >= 4 is 29.1 Å². The summed E-state index contributed by atoms with van der Waals surface area (Å²) in [5.41, 5.74) is 2.72. The van der Waals surface area contributed by atoms with Crippen LogP contribution in [0.4, 0.5) is 0 Å². The number of aromatic nitrogens is 3. The SMILES string of the molecule is CC(c1ccc(-n2cncn2)cc1)N(C)C(=O)Cc1ccc(Cl)cc1Cl. The Hall–Kier alpha value is -2.37. The van der Waals surface area contributed by atoms with E-state index in [-0.39, 0.29) is 18.4 Å². The van der Waals surface area contributed by atoms with Crippen molar-refractivity contribution in [2.24, 2.45) is 0 Å². The van der Waals surface area contributed by atoms with E-state index in [1.165, 1.54) is 6.33 Å². The van der Waals surface area contributed by atoms with Crippen molar-refractivity contribution in [2.45, 2.75) is 19.4 Å². The number of halogens is 2. The summed E-state index contributed by atoms with van der Waals surface area (Å²) in [7, 11) is 1.79. The quantitative estimate of drug-likeness (QED) is 0.653. The van der Waals surface area contributed by atoms with Crippen LogP contribution in [-0.4, -0.2) is 32.6 Å². The second-order valence-electron chi connectivity index (χ2n) is 6.02. The molecule has 0 aliphatic heterocycles. The van der Waals surface area contributed by atoms with Crippen LogP contribution in [0.15, 0.2) is 55.1 Å². The van der Waals surface area contributed by atoms with Crippen molar-refractivity contribution in [1.82, 2.24) is 19.7 Å². The van der Waals surface area contributed by atoms with E-state index in [1.807, 2.05) is 31.2 Å². The van der Waals surface area contributed by atoms with Gasteiger partial charge >= 0.3 is 0 Å². The van der Waals surface area contributed by atoms with Gasteiger partial charge in [-0.05, 0) is 42.3 Å². The maximum absolute atomic E-state index is 12.6. The number of nitrogens with zero attached hydrogens (tertiary/aromatic N) is 4. The third-order valence-corrected chi connectivity index (χ3v) is 4.98. The molecule has 0 N–H and O–H groups in total. The molecule has 2 aromatic carbocycles. The largest absolute Gasteiger partial charge is 0.339 e. The van der Waals surface area contributed by atoms with Crippen LogP contribution in [0.5, 0.6) is 0 Å². The van der Waals surface area contributed by atoms with Gasteiger partial charge in [0.15, 0.2) is 0 Å². The number of benzene rings is 2. The van der Waals surface area contributed by atoms with Crippen LogP contribution in [0.25, 0.3) is 5.69 Å². The van der Waals surface area contributed by atoms with Crippen molar-refractivity contribution in [3.8, 4) is 5.69 Å². The summed E-state index contributed by atoms with van der Waals surface area (Å²) in [5.74, 6) is -0.0120. The second-order valence-corrected chi connectivity index (χ2v) is 6.87. The molecule has 134 valence electrons. The highest BCUT2D eigenvalue weighted by atomic mass is 35.5. The van der Waals surface area contributed by atoms with Gasteiger partial charge in [0.1, 0.15) is 12.7 Å². The first-order chi connectivity index (χ1) is 12.5. The lowest BCUT2D eigenvalue weighted by atomic mass is 10.1. The topological polar surface area (TPSA) is 51.0 Å². The third kappa shape index (κ3) is 4.06. The molecule has 0 saturated heterocycles. The Labute approximate surface area is 162 Å². The Kier molecular flexibility index (Phi) is 5.59. The summed E-state index contributed by atoms with van der Waals surface area (Å²) in [5, 5.41) is 5.16. The van der Waals surface area contributed by atoms with Crippen LogP contribution in [0.1, 0.15) is 24.1 Å². The van der Waals surface area contributed by atoms with Crippen LogP contribution < -0.4 is 0 Å². The lowest BCUT2D eigenvalue weighted by Gasteiger charge is -2.26. The monoisotopic (exact) mass is 388 g/mol. The van der Waals surface area contributed by atoms with Gasteiger partial charge in [-0.1, -0.05) is 41.4 Å². The van der Waals surface area contributed by atoms with Gasteiger partial charge in [-0.15, -0.1) is 0 Å². The lowest BCUT2D eigenvalue weighted by molar-refractivity contribution is -0.131. The maximum Gasteiger partial charge on any atom is 0.227 e. The van der Waals surface area contributed by atoms with E-state index >= 15 is 0 Å². The predicted molar refractivity (Wildman–Crippen MR) is 103 cm³/mol. The summed E-state index contributed by atoms with van der Waals surface area (Å²) in [6.45, 7) is 1.99. The molecule has 5 nitrogen and oxygen atoms in total. The molecule has 0 bridgehead atoms. The zero-order valence-corrected chi connectivity index (χ0v) is 15.9. The van der Waals surface area contributed by atoms with Gasteiger partial charge in [0.05, 0.1) is 18.2 Å². The first kappa shape index (κ1) is 18.4. The fraction of sp³-hybridized carbons (Fsp3) is 0.211. The van der Waals surface area contributed by atoms with Crippen LogP contribution in [0.3, 0.4) is 0 Å². The van der Waals surface area contributed by atoms with E-state index in [2.05, 4.69) is 10.1 Å². The van der Waals surface area contributed by atoms with Crippen molar-refractivity contribution in [3.63, 3.8) is 0 Å². The van der Waals surface area contributed by atoms with Crippen LogP contribution >= 0.6 is 23.2 Å². The zero-order valence-electron chi connectivity index (χ0n) is 14.4. The summed E-state index contributed by atoms with van der Waals surface area (Å²) in [6, 6.07) is 13.0. The van der Waals surface area contributed by atoms with Crippen LogP contribution in [0, 0.1) is 0 Å². The minimum absolute atomic E-state index is 0.0120. The molecule has 1 amide bonds. The van der Waals surface area contributed by atoms with Crippen molar-refractivity contribution in [2.75, 3.05) is 7.05 Å². The van der Waals surface area contributed by atoms with Crippen LogP contribution in [0.2, 0.25) is 10.0 Å². The summed E-state index contributed by atoms with van der Waals surface area (Å²) in [6.07, 6.45) is 3.36. The third-order valence-electron chi connectivity index (χ3n) is 4.39. The summed E-state index contributed by atoms with van der Waals surface area (Å²) >= 11 is 12.1. The highest BCUT2D eigenvalue weighted by Crippen LogP contribution is 2.24. The molecular formula is C19H18Cl2N4O. The second kappa shape index (κ2) is 7.89. The lowest BCUT2D eigenvalue weighted by Crippen LogP contribution is -2.31. The van der Waals surface area contributed by atoms with Crippen molar-refractivity contribution < 1.29 is 4.79 Å². The fourth-order valence-corrected chi connectivity index (χ4v) is 3.11. The molecule has 3 aromatic rings. The number of carbonyl (C=O) groups is 1. The fourth-order valence-electron chi connectivity index (χ4n) is 2.64. The Balaban J connectivity index is 1.70. The molecule has 1 atom stereocenters. The molecule has 0 spiro atoms. The molecule has 0 fully saturated rings. The highest BCUT2D eigenvalue weighted by molar-refractivity contribution is 6.35. The molecule has 3 rings (SSSR count). The molecule has 7 heteroatoms. The summed E-state index contributed by atoms with van der Waals surface area (Å²) < 4.78 is 1.69. The average Bonchev–Trinajstić information content (AvgIpc) is 3.17. The normalized spacial score (nSPS) is 12.0. The Morgan fingerprint density at radius 2 is 1.92 bits per heavy atom. The van der Waals surface area contributed by atoms with E-state index in [9.17, 15) is 4.79 Å². The first-order valence-corrected chi connectivity index (χ1v) is 8.86. The minimum atomic E-state index is -0.0710. The smallest absolute Gasteiger partial charge is 0.227 e. The number of amides is 1. The average molecular weight is 389 g/mol. The zero-order chi connectivity index (χ0) is 18.7. The van der Waals surface area contributed by atoms with E-state index in [0.29, 0.717) is 10.0 Å². The van der Waals surface area contributed by atoms with E-state index in [1.54, 1.807) is 41.2 Å². The standard InChI is InChI=1S/C19H18Cl2N4O/c1-13(14-4-7-17(8-5-14)25-12-22-11-23-25)24(2)19(26)9-15-3-6-16(20)10-18(15)21/h3-8,10-13H,9H2,1-2H3. The van der Waals surface area contributed by atoms with Gasteiger partial charge in [-0.2, -0.15) is 5.10 Å². The number of hydrogen-bond acceptors (Lipinski definition) is 3. The Morgan fingerprint density at radius 3 is 2.54 bits per heavy atom. The molecule has 0 saturated carbocycles. The maximum atomic E-state index is 12.6. The molecule has 1 unspecified atom stereocenters. The van der Waals surface area contributed by atoms with Gasteiger partial charge in [0, 0.05) is 17.1 Å². The predicted octanol–water partition coefficient (Wildman–Crippen LogP) is 4.34. The van der Waals surface area contributed by atoms with E-state index in [0.717, 1.165) is 16.8 Å². The molecule has 0 radical (unpaired) electrons. The Morgan fingerprint density at radius 1 is 1.19 bits per heavy atom. The molecule has 1 heterocycles. The highest BCUT2D eigenvalue weighted by Gasteiger charge is 2.19. The molecular weight excluding hydrogens is 371 g/mol. The summed E-state index contributed by atoms with van der Waals surface area (Å²) in [4.78, 5) is 18.3. The Bertz CT molecular complexity index is 894. The number of carbonyl (C=O) groups excluding carboxylic acids is 1. The van der Waals surface area contributed by atoms with Gasteiger partial charge in [-0.25, -0.2) is 9.67 Å². The van der Waals surface area contributed by atoms with Crippen molar-refractivity contribution in [3.05, 3.63) is 76.3 Å². The van der Waals surface area contributed by atoms with Crippen LogP contribution in [-0.2, 0) is 11.2 Å². The first-order valence-electron chi connectivity index (χ1n) is 8.10. The number of likely N-dealkylation sites (N-methyl/N-ethyl adjacent to an activating group) is 1. The molecule has 0 aliphatic carbocycles.